The van der Waals surface area contributed by atoms with E-state index in [1.807, 2.05) is 12.1 Å². The third kappa shape index (κ3) is 2.83. The summed E-state index contributed by atoms with van der Waals surface area (Å²) in [5, 5.41) is 18.9. The van der Waals surface area contributed by atoms with Crippen molar-refractivity contribution in [2.75, 3.05) is 11.9 Å². The second-order valence-corrected chi connectivity index (χ2v) is 9.12. The van der Waals surface area contributed by atoms with E-state index < -0.39 is 0 Å². The minimum atomic E-state index is 0.251. The third-order valence-electron chi connectivity index (χ3n) is 6.96. The van der Waals surface area contributed by atoms with Gasteiger partial charge in [0.2, 0.25) is 0 Å². The molecule has 1 aliphatic heterocycles. The lowest BCUT2D eigenvalue weighted by Gasteiger charge is -2.56. The van der Waals surface area contributed by atoms with Gasteiger partial charge >= 0.3 is 0 Å². The number of phenolic OH excluding ortho intramolecular Hbond substituents is 1. The minimum Gasteiger partial charge on any atom is -0.506 e. The van der Waals surface area contributed by atoms with E-state index in [2.05, 4.69) is 16.7 Å². The van der Waals surface area contributed by atoms with Crippen LogP contribution in [0.15, 0.2) is 30.3 Å². The van der Waals surface area contributed by atoms with Crippen molar-refractivity contribution in [1.82, 2.24) is 5.32 Å². The molecule has 5 heteroatoms. The van der Waals surface area contributed by atoms with E-state index in [-0.39, 0.29) is 5.41 Å². The Labute approximate surface area is 170 Å². The fourth-order valence-corrected chi connectivity index (χ4v) is 6.10. The third-order valence-corrected chi connectivity index (χ3v) is 7.70. The van der Waals surface area contributed by atoms with Gasteiger partial charge in [0.25, 0.3) is 0 Å². The molecule has 3 nitrogen and oxygen atoms in total. The number of piperidine rings is 1. The molecule has 0 spiro atoms. The van der Waals surface area contributed by atoms with Crippen LogP contribution in [0.5, 0.6) is 5.75 Å². The Morgan fingerprint density at radius 1 is 1.07 bits per heavy atom. The number of phenols is 1. The van der Waals surface area contributed by atoms with Crippen molar-refractivity contribution >= 4 is 34.6 Å². The van der Waals surface area contributed by atoms with Gasteiger partial charge in [-0.3, -0.25) is 0 Å². The average Bonchev–Trinajstić information content (AvgIpc) is 2.66. The largest absolute Gasteiger partial charge is 0.506 e. The maximum Gasteiger partial charge on any atom is 0.139 e. The number of rotatable bonds is 2. The first-order valence-electron chi connectivity index (χ1n) is 9.89. The van der Waals surface area contributed by atoms with E-state index in [0.717, 1.165) is 24.3 Å². The van der Waals surface area contributed by atoms with Crippen LogP contribution in [-0.2, 0) is 11.8 Å². The number of hydrogen-bond donors (Lipinski definition) is 3. The number of nitrogens with one attached hydrogen (secondary N) is 2. The lowest BCUT2D eigenvalue weighted by Crippen LogP contribution is -2.59. The van der Waals surface area contributed by atoms with Crippen LogP contribution in [0.25, 0.3) is 0 Å². The molecule has 1 saturated heterocycles. The quantitative estimate of drug-likeness (QED) is 0.557. The van der Waals surface area contributed by atoms with Gasteiger partial charge in [-0.1, -0.05) is 36.0 Å². The molecule has 2 aliphatic carbocycles. The number of anilines is 2. The van der Waals surface area contributed by atoms with Gasteiger partial charge < -0.3 is 15.7 Å². The van der Waals surface area contributed by atoms with Crippen LogP contribution in [0.3, 0.4) is 0 Å². The van der Waals surface area contributed by atoms with Gasteiger partial charge in [0.05, 0.1) is 15.7 Å². The molecular formula is C22H24Cl2N2O. The Bertz CT molecular complexity index is 896. The van der Waals surface area contributed by atoms with E-state index in [1.54, 1.807) is 12.1 Å². The van der Waals surface area contributed by atoms with Gasteiger partial charge in [0.15, 0.2) is 0 Å². The molecule has 2 bridgehead atoms. The van der Waals surface area contributed by atoms with Crippen LogP contribution in [0.4, 0.5) is 11.4 Å². The Balaban J connectivity index is 1.54. The van der Waals surface area contributed by atoms with Gasteiger partial charge in [-0.2, -0.15) is 0 Å². The van der Waals surface area contributed by atoms with Gasteiger partial charge in [-0.25, -0.2) is 0 Å². The van der Waals surface area contributed by atoms with Crippen molar-refractivity contribution in [3.05, 3.63) is 51.5 Å². The summed E-state index contributed by atoms with van der Waals surface area (Å²) in [5.74, 6) is 1.02. The van der Waals surface area contributed by atoms with Crippen LogP contribution < -0.4 is 10.6 Å². The number of halogens is 2. The van der Waals surface area contributed by atoms with E-state index in [4.69, 9.17) is 23.2 Å². The standard InChI is InChI=1S/C22H24Cl2N2O/c23-17-5-4-14(11-18(17)24)26-20-10-13-9-19-15-3-1-2-6-22(15,7-8-25-19)16(13)12-21(20)27/h4-5,10-12,15,19,25-27H,1-3,6-9H2/t15-,19+,22+/m0/s1. The van der Waals surface area contributed by atoms with Gasteiger partial charge in [0, 0.05) is 17.1 Å². The summed E-state index contributed by atoms with van der Waals surface area (Å²) in [4.78, 5) is 0. The van der Waals surface area contributed by atoms with E-state index in [1.165, 1.54) is 43.2 Å². The Hall–Kier alpha value is -1.42. The molecule has 5 rings (SSSR count). The fourth-order valence-electron chi connectivity index (χ4n) is 5.80. The Morgan fingerprint density at radius 2 is 1.96 bits per heavy atom. The van der Waals surface area contributed by atoms with Crippen molar-refractivity contribution in [2.24, 2.45) is 5.92 Å². The summed E-state index contributed by atoms with van der Waals surface area (Å²) < 4.78 is 0. The monoisotopic (exact) mass is 402 g/mol. The van der Waals surface area contributed by atoms with E-state index in [9.17, 15) is 5.11 Å². The van der Waals surface area contributed by atoms with Crippen molar-refractivity contribution in [3.8, 4) is 5.75 Å². The molecule has 3 atom stereocenters. The SMILES string of the molecule is Oc1cc2c(cc1Nc1ccc(Cl)c(Cl)c1)C[C@H]1NCC[C@@]23CCCC[C@@H]13. The van der Waals surface area contributed by atoms with E-state index in [0.29, 0.717) is 27.8 Å². The highest BCUT2D eigenvalue weighted by Crippen LogP contribution is 2.55. The highest BCUT2D eigenvalue weighted by molar-refractivity contribution is 6.42. The molecule has 2 aromatic rings. The Morgan fingerprint density at radius 3 is 2.81 bits per heavy atom. The summed E-state index contributed by atoms with van der Waals surface area (Å²) in [7, 11) is 0. The molecule has 2 aromatic carbocycles. The second kappa shape index (κ2) is 6.58. The first-order chi connectivity index (χ1) is 13.1. The van der Waals surface area contributed by atoms with Crippen LogP contribution in [0, 0.1) is 5.92 Å². The maximum atomic E-state index is 10.8. The molecule has 27 heavy (non-hydrogen) atoms. The number of aromatic hydroxyl groups is 1. The number of fused-ring (bicyclic) bond motifs is 1. The predicted molar refractivity (Wildman–Crippen MR) is 112 cm³/mol. The smallest absolute Gasteiger partial charge is 0.139 e. The molecule has 0 unspecified atom stereocenters. The summed E-state index contributed by atoms with van der Waals surface area (Å²) in [6.45, 7) is 1.09. The highest BCUT2D eigenvalue weighted by atomic mass is 35.5. The van der Waals surface area contributed by atoms with Crippen molar-refractivity contribution in [2.45, 2.75) is 50.0 Å². The number of benzene rings is 2. The molecule has 0 aromatic heterocycles. The predicted octanol–water partition coefficient (Wildman–Crippen LogP) is 5.79. The minimum absolute atomic E-state index is 0.251. The zero-order chi connectivity index (χ0) is 18.6. The average molecular weight is 403 g/mol. The molecule has 3 aliphatic rings. The topological polar surface area (TPSA) is 44.3 Å². The molecule has 1 heterocycles. The van der Waals surface area contributed by atoms with Crippen LogP contribution >= 0.6 is 23.2 Å². The Kier molecular flexibility index (Phi) is 4.30. The fraction of sp³-hybridized carbons (Fsp3) is 0.455. The molecular weight excluding hydrogens is 379 g/mol. The zero-order valence-electron chi connectivity index (χ0n) is 15.2. The van der Waals surface area contributed by atoms with Crippen LogP contribution in [0.2, 0.25) is 10.0 Å². The van der Waals surface area contributed by atoms with Gasteiger partial charge in [-0.15, -0.1) is 0 Å². The molecule has 142 valence electrons. The molecule has 0 radical (unpaired) electrons. The highest BCUT2D eigenvalue weighted by Gasteiger charge is 2.51. The van der Waals surface area contributed by atoms with Crippen LogP contribution in [0.1, 0.15) is 43.2 Å². The number of hydrogen-bond acceptors (Lipinski definition) is 3. The van der Waals surface area contributed by atoms with Crippen LogP contribution in [-0.4, -0.2) is 17.7 Å². The summed E-state index contributed by atoms with van der Waals surface area (Å²) in [5.41, 5.74) is 4.56. The van der Waals surface area contributed by atoms with Crippen molar-refractivity contribution in [3.63, 3.8) is 0 Å². The molecule has 0 amide bonds. The summed E-state index contributed by atoms with van der Waals surface area (Å²) in [6, 6.07) is 10.2. The molecule has 3 N–H and O–H groups in total. The summed E-state index contributed by atoms with van der Waals surface area (Å²) >= 11 is 12.1. The van der Waals surface area contributed by atoms with Gasteiger partial charge in [0.1, 0.15) is 5.75 Å². The first kappa shape index (κ1) is 17.7. The normalized spacial score (nSPS) is 29.0. The molecule has 2 fully saturated rings. The summed E-state index contributed by atoms with van der Waals surface area (Å²) in [6.07, 6.45) is 7.41. The first-order valence-corrected chi connectivity index (χ1v) is 10.6. The zero-order valence-corrected chi connectivity index (χ0v) is 16.7. The van der Waals surface area contributed by atoms with Crippen molar-refractivity contribution in [1.29, 1.82) is 0 Å². The maximum absolute atomic E-state index is 10.8. The van der Waals surface area contributed by atoms with E-state index >= 15 is 0 Å². The van der Waals surface area contributed by atoms with Gasteiger partial charge in [-0.05, 0) is 79.6 Å². The lowest BCUT2D eigenvalue weighted by atomic mass is 9.53. The second-order valence-electron chi connectivity index (χ2n) is 8.30. The lowest BCUT2D eigenvalue weighted by molar-refractivity contribution is 0.0796. The molecule has 1 saturated carbocycles. The van der Waals surface area contributed by atoms with Crippen molar-refractivity contribution < 1.29 is 5.11 Å².